The van der Waals surface area contributed by atoms with Gasteiger partial charge < -0.3 is 0 Å². The lowest BCUT2D eigenvalue weighted by Crippen LogP contribution is -1.95. The van der Waals surface area contributed by atoms with Crippen LogP contribution in [0.1, 0.15) is 37.6 Å². The first-order valence-corrected chi connectivity index (χ1v) is 4.96. The van der Waals surface area contributed by atoms with Crippen LogP contribution in [-0.4, -0.2) is 9.97 Å². The highest BCUT2D eigenvalue weighted by Gasteiger charge is 1.96. The Morgan fingerprint density at radius 3 is 2.23 bits per heavy atom. The maximum absolute atomic E-state index is 4.34. The van der Waals surface area contributed by atoms with Crippen molar-refractivity contribution in [1.29, 1.82) is 0 Å². The second-order valence-corrected chi connectivity index (χ2v) is 3.21. The van der Waals surface area contributed by atoms with Gasteiger partial charge in [0, 0.05) is 12.4 Å². The van der Waals surface area contributed by atoms with Crippen LogP contribution in [0.15, 0.2) is 12.4 Å². The number of rotatable bonds is 5. The van der Waals surface area contributed by atoms with Gasteiger partial charge in [-0.15, -0.1) is 0 Å². The van der Waals surface area contributed by atoms with E-state index in [0.717, 1.165) is 43.5 Å². The lowest BCUT2D eigenvalue weighted by molar-refractivity contribution is 0.794. The summed E-state index contributed by atoms with van der Waals surface area (Å²) in [5, 5.41) is 0. The number of nitrogens with zero attached hydrogens (tertiary/aromatic N) is 2. The molecule has 1 radical (unpaired) electrons. The van der Waals surface area contributed by atoms with Crippen LogP contribution in [0.2, 0.25) is 0 Å². The Labute approximate surface area is 80.4 Å². The summed E-state index contributed by atoms with van der Waals surface area (Å²) in [6.45, 7) is 5.95. The van der Waals surface area contributed by atoms with E-state index < -0.39 is 0 Å². The highest BCUT2D eigenvalue weighted by molar-refractivity contribution is 5.02. The van der Waals surface area contributed by atoms with Crippen molar-refractivity contribution >= 4 is 0 Å². The molecule has 0 unspecified atom stereocenters. The second-order valence-electron chi connectivity index (χ2n) is 3.21. The van der Waals surface area contributed by atoms with Gasteiger partial charge in [-0.1, -0.05) is 26.7 Å². The molecule has 71 valence electrons. The number of hydrogen-bond donors (Lipinski definition) is 0. The molecule has 0 fully saturated rings. The lowest BCUT2D eigenvalue weighted by Gasteiger charge is -2.00. The SMILES string of the molecule is [CH2]CCCc1cnc(CCC)cn1. The maximum Gasteiger partial charge on any atom is 0.0586 e. The highest BCUT2D eigenvalue weighted by atomic mass is 14.8. The Bertz CT molecular complexity index is 228. The smallest absolute Gasteiger partial charge is 0.0586 e. The lowest BCUT2D eigenvalue weighted by atomic mass is 10.2. The quantitative estimate of drug-likeness (QED) is 0.691. The predicted octanol–water partition coefficient (Wildman–Crippen LogP) is 2.59. The van der Waals surface area contributed by atoms with Gasteiger partial charge in [-0.3, -0.25) is 9.97 Å². The average Bonchev–Trinajstić information content (AvgIpc) is 2.17. The van der Waals surface area contributed by atoms with Crippen LogP contribution in [0.25, 0.3) is 0 Å². The molecule has 1 aromatic heterocycles. The van der Waals surface area contributed by atoms with Crippen LogP contribution >= 0.6 is 0 Å². The summed E-state index contributed by atoms with van der Waals surface area (Å²) in [7, 11) is 0. The Kier molecular flexibility index (Phi) is 4.44. The van der Waals surface area contributed by atoms with E-state index in [9.17, 15) is 0 Å². The maximum atomic E-state index is 4.34. The average molecular weight is 177 g/mol. The normalized spacial score (nSPS) is 10.3. The van der Waals surface area contributed by atoms with E-state index in [4.69, 9.17) is 0 Å². The first kappa shape index (κ1) is 10.2. The first-order valence-electron chi connectivity index (χ1n) is 4.96. The van der Waals surface area contributed by atoms with E-state index in [-0.39, 0.29) is 0 Å². The van der Waals surface area contributed by atoms with Crippen molar-refractivity contribution in [3.63, 3.8) is 0 Å². The molecule has 0 atom stereocenters. The number of unbranched alkanes of at least 4 members (excludes halogenated alkanes) is 1. The van der Waals surface area contributed by atoms with Gasteiger partial charge in [0.2, 0.25) is 0 Å². The molecule has 0 saturated carbocycles. The van der Waals surface area contributed by atoms with E-state index in [2.05, 4.69) is 23.8 Å². The zero-order valence-electron chi connectivity index (χ0n) is 8.29. The molecule has 0 bridgehead atoms. The molecule has 0 N–H and O–H groups in total. The van der Waals surface area contributed by atoms with Gasteiger partial charge >= 0.3 is 0 Å². The molecule has 0 aliphatic heterocycles. The van der Waals surface area contributed by atoms with Crippen LogP contribution in [0, 0.1) is 6.92 Å². The van der Waals surface area contributed by atoms with Gasteiger partial charge in [-0.2, -0.15) is 0 Å². The van der Waals surface area contributed by atoms with Gasteiger partial charge in [-0.25, -0.2) is 0 Å². The fourth-order valence-corrected chi connectivity index (χ4v) is 1.20. The molecule has 2 heteroatoms. The van der Waals surface area contributed by atoms with Crippen molar-refractivity contribution in [1.82, 2.24) is 9.97 Å². The summed E-state index contributed by atoms with van der Waals surface area (Å²) in [6.07, 6.45) is 9.02. The third-order valence-electron chi connectivity index (χ3n) is 1.95. The second kappa shape index (κ2) is 5.68. The molecule has 0 aliphatic carbocycles. The van der Waals surface area contributed by atoms with Gasteiger partial charge in [0.1, 0.15) is 0 Å². The molecule has 2 nitrogen and oxygen atoms in total. The molecule has 13 heavy (non-hydrogen) atoms. The molecule has 1 rings (SSSR count). The summed E-state index contributed by atoms with van der Waals surface area (Å²) in [6, 6.07) is 0. The number of aryl methyl sites for hydroxylation is 2. The van der Waals surface area contributed by atoms with Crippen molar-refractivity contribution in [2.75, 3.05) is 0 Å². The van der Waals surface area contributed by atoms with Gasteiger partial charge in [0.25, 0.3) is 0 Å². The highest BCUT2D eigenvalue weighted by Crippen LogP contribution is 2.02. The number of hydrogen-bond acceptors (Lipinski definition) is 2. The molecule has 0 amide bonds. The molecule has 0 spiro atoms. The van der Waals surface area contributed by atoms with E-state index in [1.807, 2.05) is 12.4 Å². The van der Waals surface area contributed by atoms with Crippen molar-refractivity contribution in [2.45, 2.75) is 39.0 Å². The summed E-state index contributed by atoms with van der Waals surface area (Å²) in [4.78, 5) is 8.68. The fraction of sp³-hybridized carbons (Fsp3) is 0.545. The molecular weight excluding hydrogens is 160 g/mol. The molecule has 0 aromatic carbocycles. The Morgan fingerprint density at radius 2 is 1.77 bits per heavy atom. The summed E-state index contributed by atoms with van der Waals surface area (Å²) < 4.78 is 0. The minimum atomic E-state index is 0.971. The number of aromatic nitrogens is 2. The van der Waals surface area contributed by atoms with E-state index in [1.54, 1.807) is 0 Å². The predicted molar refractivity (Wildman–Crippen MR) is 54.3 cm³/mol. The molecule has 1 aromatic rings. The van der Waals surface area contributed by atoms with Crippen molar-refractivity contribution in [3.8, 4) is 0 Å². The minimum absolute atomic E-state index is 0.971. The molecule has 0 saturated heterocycles. The van der Waals surface area contributed by atoms with Crippen LogP contribution in [0.4, 0.5) is 0 Å². The summed E-state index contributed by atoms with van der Waals surface area (Å²) >= 11 is 0. The fourth-order valence-electron chi connectivity index (χ4n) is 1.20. The zero-order chi connectivity index (χ0) is 9.52. The molecular formula is C11H17N2. The van der Waals surface area contributed by atoms with Crippen molar-refractivity contribution in [2.24, 2.45) is 0 Å². The first-order chi connectivity index (χ1) is 6.36. The van der Waals surface area contributed by atoms with E-state index in [1.165, 1.54) is 0 Å². The topological polar surface area (TPSA) is 25.8 Å². The van der Waals surface area contributed by atoms with Crippen LogP contribution in [-0.2, 0) is 12.8 Å². The van der Waals surface area contributed by atoms with Crippen LogP contribution < -0.4 is 0 Å². The third kappa shape index (κ3) is 3.53. The minimum Gasteiger partial charge on any atom is -0.258 e. The van der Waals surface area contributed by atoms with E-state index in [0.29, 0.717) is 0 Å². The molecule has 0 aliphatic rings. The van der Waals surface area contributed by atoms with Gasteiger partial charge in [0.05, 0.1) is 11.4 Å². The Hall–Kier alpha value is -0.920. The van der Waals surface area contributed by atoms with Crippen molar-refractivity contribution < 1.29 is 0 Å². The molecule has 1 heterocycles. The van der Waals surface area contributed by atoms with Crippen LogP contribution in [0.5, 0.6) is 0 Å². The third-order valence-corrected chi connectivity index (χ3v) is 1.95. The summed E-state index contributed by atoms with van der Waals surface area (Å²) in [5.41, 5.74) is 2.18. The van der Waals surface area contributed by atoms with Crippen molar-refractivity contribution in [3.05, 3.63) is 30.7 Å². The van der Waals surface area contributed by atoms with E-state index >= 15 is 0 Å². The Morgan fingerprint density at radius 1 is 1.15 bits per heavy atom. The van der Waals surface area contributed by atoms with Gasteiger partial charge in [-0.05, 0) is 19.3 Å². The summed E-state index contributed by atoms with van der Waals surface area (Å²) in [5.74, 6) is 0. The zero-order valence-corrected chi connectivity index (χ0v) is 8.29. The largest absolute Gasteiger partial charge is 0.258 e. The Balaban J connectivity index is 2.48. The standard InChI is InChI=1S/C11H17N2/c1-3-5-7-11-9-12-10(6-4-2)8-13-11/h8-9H,1,3-7H2,2H3. The van der Waals surface area contributed by atoms with Crippen LogP contribution in [0.3, 0.4) is 0 Å². The van der Waals surface area contributed by atoms with Gasteiger partial charge in [0.15, 0.2) is 0 Å². The monoisotopic (exact) mass is 177 g/mol.